The molecule has 0 saturated carbocycles. The SMILES string of the molecule is Nc1ccccc1C(=O)N1N=C(C(F)(F)F)C[C@@]1(O)c1ccccc1. The van der Waals surface area contributed by atoms with E-state index in [0.717, 1.165) is 0 Å². The number of anilines is 1. The summed E-state index contributed by atoms with van der Waals surface area (Å²) in [5, 5.41) is 14.8. The van der Waals surface area contributed by atoms with Crippen LogP contribution in [0.2, 0.25) is 0 Å². The molecule has 8 heteroatoms. The Morgan fingerprint density at radius 2 is 1.72 bits per heavy atom. The third kappa shape index (κ3) is 2.96. The molecule has 0 spiro atoms. The van der Waals surface area contributed by atoms with Gasteiger partial charge in [0.15, 0.2) is 5.72 Å². The van der Waals surface area contributed by atoms with Crippen LogP contribution < -0.4 is 5.73 Å². The Kier molecular flexibility index (Phi) is 4.00. The Hall–Kier alpha value is -2.87. The van der Waals surface area contributed by atoms with E-state index >= 15 is 0 Å². The highest BCUT2D eigenvalue weighted by Gasteiger charge is 2.53. The van der Waals surface area contributed by atoms with Gasteiger partial charge in [0.05, 0.1) is 12.0 Å². The topological polar surface area (TPSA) is 78.9 Å². The first-order valence-electron chi connectivity index (χ1n) is 7.35. The van der Waals surface area contributed by atoms with Crippen molar-refractivity contribution in [2.24, 2.45) is 5.10 Å². The molecule has 3 N–H and O–H groups in total. The van der Waals surface area contributed by atoms with Crippen molar-refractivity contribution in [3.8, 4) is 0 Å². The van der Waals surface area contributed by atoms with Gasteiger partial charge < -0.3 is 10.8 Å². The summed E-state index contributed by atoms with van der Waals surface area (Å²) in [4.78, 5) is 12.7. The van der Waals surface area contributed by atoms with E-state index in [4.69, 9.17) is 5.73 Å². The van der Waals surface area contributed by atoms with Gasteiger partial charge in [0.25, 0.3) is 5.91 Å². The number of nitrogens with zero attached hydrogens (tertiary/aromatic N) is 2. The molecule has 25 heavy (non-hydrogen) atoms. The summed E-state index contributed by atoms with van der Waals surface area (Å²) in [6.45, 7) is 0. The van der Waals surface area contributed by atoms with Crippen LogP contribution >= 0.6 is 0 Å². The number of halogens is 3. The van der Waals surface area contributed by atoms with Gasteiger partial charge in [-0.2, -0.15) is 23.3 Å². The zero-order valence-corrected chi connectivity index (χ0v) is 12.9. The molecular formula is C17H14F3N3O2. The fourth-order valence-corrected chi connectivity index (χ4v) is 2.65. The number of nitrogens with two attached hydrogens (primary N) is 1. The van der Waals surface area contributed by atoms with E-state index in [1.807, 2.05) is 0 Å². The average Bonchev–Trinajstić information content (AvgIpc) is 2.95. The molecule has 0 unspecified atom stereocenters. The number of carbonyl (C=O) groups is 1. The standard InChI is InChI=1S/C17H14F3N3O2/c18-17(19,20)14-10-16(25,11-6-2-1-3-7-11)23(22-14)15(24)12-8-4-5-9-13(12)21/h1-9,25H,10,21H2/t16-/m1/s1. The highest BCUT2D eigenvalue weighted by atomic mass is 19.4. The molecule has 1 amide bonds. The largest absolute Gasteiger partial charge is 0.431 e. The molecule has 3 rings (SSSR count). The zero-order chi connectivity index (χ0) is 18.2. The second-order valence-corrected chi connectivity index (χ2v) is 5.61. The van der Waals surface area contributed by atoms with Gasteiger partial charge in [-0.15, -0.1) is 0 Å². The van der Waals surface area contributed by atoms with Crippen LogP contribution in [0.3, 0.4) is 0 Å². The van der Waals surface area contributed by atoms with Crippen LogP contribution in [0.5, 0.6) is 0 Å². The monoisotopic (exact) mass is 349 g/mol. The summed E-state index contributed by atoms with van der Waals surface area (Å²) in [5.41, 5.74) is 2.43. The average molecular weight is 349 g/mol. The van der Waals surface area contributed by atoms with E-state index in [1.54, 1.807) is 24.3 Å². The minimum Gasteiger partial charge on any atom is -0.398 e. The predicted molar refractivity (Wildman–Crippen MR) is 85.5 cm³/mol. The second kappa shape index (κ2) is 5.89. The maximum Gasteiger partial charge on any atom is 0.431 e. The molecular weight excluding hydrogens is 335 g/mol. The molecule has 5 nitrogen and oxygen atoms in total. The molecule has 0 bridgehead atoms. The molecule has 0 saturated heterocycles. The lowest BCUT2D eigenvalue weighted by Gasteiger charge is -2.31. The van der Waals surface area contributed by atoms with Gasteiger partial charge >= 0.3 is 6.18 Å². The van der Waals surface area contributed by atoms with E-state index in [9.17, 15) is 23.1 Å². The van der Waals surface area contributed by atoms with Gasteiger partial charge in [0, 0.05) is 11.3 Å². The van der Waals surface area contributed by atoms with Gasteiger partial charge in [-0.25, -0.2) is 0 Å². The summed E-state index contributed by atoms with van der Waals surface area (Å²) in [5.74, 6) is -0.913. The molecule has 0 radical (unpaired) electrons. The molecule has 1 atom stereocenters. The number of amides is 1. The van der Waals surface area contributed by atoms with Crippen molar-refractivity contribution in [2.75, 3.05) is 5.73 Å². The first kappa shape index (κ1) is 17.0. The van der Waals surface area contributed by atoms with Gasteiger partial charge in [-0.3, -0.25) is 4.79 Å². The van der Waals surface area contributed by atoms with Gasteiger partial charge in [0.2, 0.25) is 0 Å². The van der Waals surface area contributed by atoms with Crippen molar-refractivity contribution in [1.82, 2.24) is 5.01 Å². The number of rotatable bonds is 2. The maximum atomic E-state index is 13.1. The first-order chi connectivity index (χ1) is 11.7. The minimum atomic E-state index is -4.76. The quantitative estimate of drug-likeness (QED) is 0.819. The molecule has 0 aliphatic carbocycles. The van der Waals surface area contributed by atoms with Crippen molar-refractivity contribution in [1.29, 1.82) is 0 Å². The number of carbonyl (C=O) groups excluding carboxylic acids is 1. The van der Waals surface area contributed by atoms with Crippen molar-refractivity contribution >= 4 is 17.3 Å². The summed E-state index contributed by atoms with van der Waals surface area (Å²) in [7, 11) is 0. The number of benzene rings is 2. The fraction of sp³-hybridized carbons (Fsp3) is 0.176. The predicted octanol–water partition coefficient (Wildman–Crippen LogP) is 2.88. The summed E-state index contributed by atoms with van der Waals surface area (Å²) < 4.78 is 39.4. The lowest BCUT2D eigenvalue weighted by Crippen LogP contribution is -2.44. The Morgan fingerprint density at radius 3 is 2.32 bits per heavy atom. The van der Waals surface area contributed by atoms with E-state index < -0.39 is 29.9 Å². The molecule has 0 fully saturated rings. The molecule has 0 aromatic heterocycles. The molecule has 130 valence electrons. The summed E-state index contributed by atoms with van der Waals surface area (Å²) >= 11 is 0. The minimum absolute atomic E-state index is 0.0379. The van der Waals surface area contributed by atoms with Crippen molar-refractivity contribution in [3.05, 3.63) is 65.7 Å². The lowest BCUT2D eigenvalue weighted by molar-refractivity contribution is -0.0815. The number of hydrogen-bond acceptors (Lipinski definition) is 4. The third-order valence-corrected chi connectivity index (χ3v) is 3.93. The van der Waals surface area contributed by atoms with E-state index in [0.29, 0.717) is 5.01 Å². The van der Waals surface area contributed by atoms with Crippen LogP contribution in [-0.4, -0.2) is 27.9 Å². The second-order valence-electron chi connectivity index (χ2n) is 5.61. The Morgan fingerprint density at radius 1 is 1.12 bits per heavy atom. The molecule has 1 heterocycles. The maximum absolute atomic E-state index is 13.1. The normalized spacial score (nSPS) is 20.5. The van der Waals surface area contributed by atoms with Crippen LogP contribution in [0.1, 0.15) is 22.3 Å². The van der Waals surface area contributed by atoms with E-state index in [-0.39, 0.29) is 16.8 Å². The summed E-state index contributed by atoms with van der Waals surface area (Å²) in [6, 6.07) is 13.5. The number of nitrogen functional groups attached to an aromatic ring is 1. The van der Waals surface area contributed by atoms with Gasteiger partial charge in [-0.05, 0) is 12.1 Å². The van der Waals surface area contributed by atoms with Crippen LogP contribution in [0, 0.1) is 0 Å². The van der Waals surface area contributed by atoms with Crippen LogP contribution in [0.25, 0.3) is 0 Å². The Labute approximate surface area is 141 Å². The van der Waals surface area contributed by atoms with Gasteiger partial charge in [0.1, 0.15) is 5.71 Å². The summed E-state index contributed by atoms with van der Waals surface area (Å²) in [6.07, 6.45) is -5.63. The van der Waals surface area contributed by atoms with Crippen molar-refractivity contribution in [3.63, 3.8) is 0 Å². The smallest absolute Gasteiger partial charge is 0.398 e. The highest BCUT2D eigenvalue weighted by molar-refractivity contribution is 6.02. The Balaban J connectivity index is 2.10. The number of hydrogen-bond donors (Lipinski definition) is 2. The van der Waals surface area contributed by atoms with E-state index in [1.165, 1.54) is 30.3 Å². The van der Waals surface area contributed by atoms with Crippen molar-refractivity contribution in [2.45, 2.75) is 18.3 Å². The van der Waals surface area contributed by atoms with Crippen LogP contribution in [-0.2, 0) is 5.72 Å². The molecule has 1 aliphatic rings. The highest BCUT2D eigenvalue weighted by Crippen LogP contribution is 2.40. The first-order valence-corrected chi connectivity index (χ1v) is 7.35. The molecule has 2 aromatic carbocycles. The number of hydrazone groups is 1. The van der Waals surface area contributed by atoms with Crippen LogP contribution in [0.4, 0.5) is 18.9 Å². The molecule has 2 aromatic rings. The third-order valence-electron chi connectivity index (χ3n) is 3.93. The van der Waals surface area contributed by atoms with Crippen molar-refractivity contribution < 1.29 is 23.1 Å². The fourth-order valence-electron chi connectivity index (χ4n) is 2.65. The zero-order valence-electron chi connectivity index (χ0n) is 12.9. The number of aliphatic hydroxyl groups is 1. The number of alkyl halides is 3. The Bertz CT molecular complexity index is 837. The number of para-hydroxylation sites is 1. The van der Waals surface area contributed by atoms with Crippen LogP contribution in [0.15, 0.2) is 59.7 Å². The van der Waals surface area contributed by atoms with E-state index in [2.05, 4.69) is 5.10 Å². The lowest BCUT2D eigenvalue weighted by atomic mass is 9.96. The van der Waals surface area contributed by atoms with Gasteiger partial charge in [-0.1, -0.05) is 42.5 Å². The molecule has 1 aliphatic heterocycles.